The van der Waals surface area contributed by atoms with Gasteiger partial charge >= 0.3 is 0 Å². The zero-order valence-corrected chi connectivity index (χ0v) is 13.7. The number of pyridine rings is 1. The van der Waals surface area contributed by atoms with Crippen molar-refractivity contribution in [1.29, 1.82) is 0 Å². The first-order chi connectivity index (χ1) is 11.3. The summed E-state index contributed by atoms with van der Waals surface area (Å²) in [5.41, 5.74) is 1.95. The maximum atomic E-state index is 12.2. The molecule has 122 valence electrons. The first-order valence-electron chi connectivity index (χ1n) is 8.31. The smallest absolute Gasteiger partial charge is 0.251 e. The van der Waals surface area contributed by atoms with Crippen LogP contribution >= 0.6 is 0 Å². The standard InChI is InChI=1S/C19H25N3O/c1-2-3-12-20-18-15-17(11-14-21-18)19(23)22-13-7-10-16-8-5-4-6-9-16/h4-6,8-9,11,14-15H,2-3,7,10,12-13H2,1H3,(H,20,21)(H,22,23). The van der Waals surface area contributed by atoms with Crippen molar-refractivity contribution >= 4 is 11.7 Å². The van der Waals surface area contributed by atoms with Crippen LogP contribution in [0.3, 0.4) is 0 Å². The first-order valence-corrected chi connectivity index (χ1v) is 8.31. The molecule has 23 heavy (non-hydrogen) atoms. The van der Waals surface area contributed by atoms with Crippen molar-refractivity contribution in [2.45, 2.75) is 32.6 Å². The molecule has 0 aliphatic heterocycles. The number of benzene rings is 1. The van der Waals surface area contributed by atoms with Crippen LogP contribution in [0.25, 0.3) is 0 Å². The molecule has 0 aliphatic rings. The van der Waals surface area contributed by atoms with Crippen LogP contribution in [0.5, 0.6) is 0 Å². The van der Waals surface area contributed by atoms with Crippen LogP contribution in [0, 0.1) is 0 Å². The Hall–Kier alpha value is -2.36. The predicted octanol–water partition coefficient (Wildman–Crippen LogP) is 3.66. The monoisotopic (exact) mass is 311 g/mol. The fraction of sp³-hybridized carbons (Fsp3) is 0.368. The molecule has 1 aromatic carbocycles. The molecule has 0 fully saturated rings. The second-order valence-corrected chi connectivity index (χ2v) is 5.56. The van der Waals surface area contributed by atoms with Gasteiger partial charge in [-0.1, -0.05) is 43.7 Å². The van der Waals surface area contributed by atoms with E-state index in [1.165, 1.54) is 5.56 Å². The molecule has 4 heteroatoms. The number of unbranched alkanes of at least 4 members (excludes halogenated alkanes) is 1. The highest BCUT2D eigenvalue weighted by Gasteiger charge is 2.06. The number of nitrogens with zero attached hydrogens (tertiary/aromatic N) is 1. The topological polar surface area (TPSA) is 54.0 Å². The lowest BCUT2D eigenvalue weighted by Crippen LogP contribution is -2.25. The number of amides is 1. The van der Waals surface area contributed by atoms with E-state index in [-0.39, 0.29) is 5.91 Å². The maximum absolute atomic E-state index is 12.2. The highest BCUT2D eigenvalue weighted by Crippen LogP contribution is 2.07. The minimum Gasteiger partial charge on any atom is -0.370 e. The molecule has 2 aromatic rings. The molecule has 0 spiro atoms. The third kappa shape index (κ3) is 6.10. The third-order valence-corrected chi connectivity index (χ3v) is 3.63. The quantitative estimate of drug-likeness (QED) is 0.695. The Morgan fingerprint density at radius 3 is 2.70 bits per heavy atom. The molecule has 1 aromatic heterocycles. The van der Waals surface area contributed by atoms with E-state index in [9.17, 15) is 4.79 Å². The SMILES string of the molecule is CCCCNc1cc(C(=O)NCCCc2ccccc2)ccn1. The zero-order chi connectivity index (χ0) is 16.3. The molecule has 0 aliphatic carbocycles. The summed E-state index contributed by atoms with van der Waals surface area (Å²) in [5.74, 6) is 0.717. The third-order valence-electron chi connectivity index (χ3n) is 3.63. The Morgan fingerprint density at radius 2 is 1.91 bits per heavy atom. The van der Waals surface area contributed by atoms with E-state index in [2.05, 4.69) is 34.7 Å². The first kappa shape index (κ1) is 17.0. The second kappa shape index (κ2) is 9.62. The number of hydrogen-bond acceptors (Lipinski definition) is 3. The van der Waals surface area contributed by atoms with Crippen molar-refractivity contribution in [3.05, 3.63) is 59.8 Å². The van der Waals surface area contributed by atoms with Crippen molar-refractivity contribution in [1.82, 2.24) is 10.3 Å². The van der Waals surface area contributed by atoms with E-state index in [1.807, 2.05) is 24.3 Å². The highest BCUT2D eigenvalue weighted by atomic mass is 16.1. The van der Waals surface area contributed by atoms with Crippen LogP contribution in [0.15, 0.2) is 48.7 Å². The summed E-state index contributed by atoms with van der Waals surface area (Å²) in [6.07, 6.45) is 5.81. The van der Waals surface area contributed by atoms with Crippen LogP contribution in [0.2, 0.25) is 0 Å². The van der Waals surface area contributed by atoms with Gasteiger partial charge in [-0.25, -0.2) is 4.98 Å². The van der Waals surface area contributed by atoms with Crippen LogP contribution in [0.4, 0.5) is 5.82 Å². The summed E-state index contributed by atoms with van der Waals surface area (Å²) in [5, 5.41) is 6.21. The Balaban J connectivity index is 1.75. The van der Waals surface area contributed by atoms with Gasteiger partial charge in [0.05, 0.1) is 0 Å². The molecule has 0 unspecified atom stereocenters. The van der Waals surface area contributed by atoms with Crippen molar-refractivity contribution < 1.29 is 4.79 Å². The van der Waals surface area contributed by atoms with Gasteiger partial charge in [0.15, 0.2) is 0 Å². The number of carbonyl (C=O) groups is 1. The van der Waals surface area contributed by atoms with Crippen LogP contribution in [-0.4, -0.2) is 24.0 Å². The van der Waals surface area contributed by atoms with Crippen molar-refractivity contribution in [3.63, 3.8) is 0 Å². The molecule has 1 amide bonds. The van der Waals surface area contributed by atoms with Gasteiger partial charge in [-0.15, -0.1) is 0 Å². The Bertz CT molecular complexity index is 599. The van der Waals surface area contributed by atoms with Crippen LogP contribution < -0.4 is 10.6 Å². The molecule has 0 saturated heterocycles. The van der Waals surface area contributed by atoms with Gasteiger partial charge in [0.2, 0.25) is 0 Å². The van der Waals surface area contributed by atoms with Crippen molar-refractivity contribution in [2.75, 3.05) is 18.4 Å². The van der Waals surface area contributed by atoms with Gasteiger partial charge in [-0.2, -0.15) is 0 Å². The van der Waals surface area contributed by atoms with Gasteiger partial charge in [-0.3, -0.25) is 4.79 Å². The molecule has 2 N–H and O–H groups in total. The molecule has 2 rings (SSSR count). The van der Waals surface area contributed by atoms with E-state index < -0.39 is 0 Å². The lowest BCUT2D eigenvalue weighted by Gasteiger charge is -2.08. The van der Waals surface area contributed by atoms with Gasteiger partial charge in [0, 0.05) is 24.8 Å². The largest absolute Gasteiger partial charge is 0.370 e. The minimum atomic E-state index is -0.0426. The molecular weight excluding hydrogens is 286 g/mol. The number of anilines is 1. The van der Waals surface area contributed by atoms with E-state index in [1.54, 1.807) is 12.3 Å². The van der Waals surface area contributed by atoms with Crippen LogP contribution in [0.1, 0.15) is 42.1 Å². The summed E-state index contributed by atoms with van der Waals surface area (Å²) in [6.45, 7) is 3.70. The lowest BCUT2D eigenvalue weighted by atomic mass is 10.1. The predicted molar refractivity (Wildman–Crippen MR) is 94.7 cm³/mol. The molecule has 1 heterocycles. The van der Waals surface area contributed by atoms with E-state index in [0.29, 0.717) is 12.1 Å². The summed E-state index contributed by atoms with van der Waals surface area (Å²) in [7, 11) is 0. The van der Waals surface area contributed by atoms with E-state index in [4.69, 9.17) is 0 Å². The van der Waals surface area contributed by atoms with Gasteiger partial charge < -0.3 is 10.6 Å². The molecule has 0 atom stereocenters. The fourth-order valence-corrected chi connectivity index (χ4v) is 2.30. The van der Waals surface area contributed by atoms with E-state index >= 15 is 0 Å². The van der Waals surface area contributed by atoms with Gasteiger partial charge in [-0.05, 0) is 37.0 Å². The van der Waals surface area contributed by atoms with Crippen molar-refractivity contribution in [3.8, 4) is 0 Å². The number of rotatable bonds is 9. The summed E-state index contributed by atoms with van der Waals surface area (Å²) in [6, 6.07) is 13.9. The minimum absolute atomic E-state index is 0.0426. The molecule has 0 radical (unpaired) electrons. The second-order valence-electron chi connectivity index (χ2n) is 5.56. The molecule has 4 nitrogen and oxygen atoms in total. The van der Waals surface area contributed by atoms with Gasteiger partial charge in [0.25, 0.3) is 5.91 Å². The summed E-state index contributed by atoms with van der Waals surface area (Å²) < 4.78 is 0. The Morgan fingerprint density at radius 1 is 1.09 bits per heavy atom. The normalized spacial score (nSPS) is 10.3. The number of carbonyl (C=O) groups excluding carboxylic acids is 1. The van der Waals surface area contributed by atoms with Crippen molar-refractivity contribution in [2.24, 2.45) is 0 Å². The Kier molecular flexibility index (Phi) is 7.11. The number of nitrogens with one attached hydrogen (secondary N) is 2. The molecular formula is C19H25N3O. The Labute approximate surface area is 138 Å². The summed E-state index contributed by atoms with van der Waals surface area (Å²) in [4.78, 5) is 16.4. The molecule has 0 bridgehead atoms. The average molecular weight is 311 g/mol. The lowest BCUT2D eigenvalue weighted by molar-refractivity contribution is 0.0953. The number of hydrogen-bond donors (Lipinski definition) is 2. The zero-order valence-electron chi connectivity index (χ0n) is 13.7. The summed E-state index contributed by atoms with van der Waals surface area (Å²) >= 11 is 0. The maximum Gasteiger partial charge on any atom is 0.251 e. The average Bonchev–Trinajstić information content (AvgIpc) is 2.60. The number of aromatic nitrogens is 1. The van der Waals surface area contributed by atoms with Crippen LogP contribution in [-0.2, 0) is 6.42 Å². The number of aryl methyl sites for hydroxylation is 1. The molecule has 0 saturated carbocycles. The highest BCUT2D eigenvalue weighted by molar-refractivity contribution is 5.94. The fourth-order valence-electron chi connectivity index (χ4n) is 2.30. The van der Waals surface area contributed by atoms with Gasteiger partial charge in [0.1, 0.15) is 5.82 Å². The van der Waals surface area contributed by atoms with E-state index in [0.717, 1.165) is 38.0 Å².